The minimum atomic E-state index is -3.47. The molecule has 3 N–H and O–H groups in total. The maximum Gasteiger partial charge on any atom is 0.240 e. The molecule has 1 aliphatic carbocycles. The SMILES string of the molecule is Cc1cc(C)cc(S(=O)(=O)N[C@@H]2CCCC[C@H]2N)c1. The first-order valence-corrected chi connectivity index (χ1v) is 8.23. The lowest BCUT2D eigenvalue weighted by Gasteiger charge is -2.29. The summed E-state index contributed by atoms with van der Waals surface area (Å²) in [6.45, 7) is 3.80. The molecule has 0 saturated heterocycles. The van der Waals surface area contributed by atoms with Gasteiger partial charge in [-0.1, -0.05) is 18.9 Å². The number of hydrogen-bond donors (Lipinski definition) is 2. The fourth-order valence-electron chi connectivity index (χ4n) is 2.66. The number of hydrogen-bond acceptors (Lipinski definition) is 3. The van der Waals surface area contributed by atoms with Gasteiger partial charge in [0.25, 0.3) is 0 Å². The zero-order valence-electron chi connectivity index (χ0n) is 11.5. The number of sulfonamides is 1. The molecule has 2 atom stereocenters. The first-order chi connectivity index (χ1) is 8.88. The van der Waals surface area contributed by atoms with Crippen molar-refractivity contribution >= 4 is 10.0 Å². The third-order valence-corrected chi connectivity index (χ3v) is 5.10. The van der Waals surface area contributed by atoms with E-state index in [1.807, 2.05) is 19.9 Å². The predicted molar refractivity (Wildman–Crippen MR) is 76.5 cm³/mol. The second-order valence-corrected chi connectivity index (χ2v) is 7.21. The van der Waals surface area contributed by atoms with E-state index >= 15 is 0 Å². The Labute approximate surface area is 115 Å². The van der Waals surface area contributed by atoms with Crippen LogP contribution < -0.4 is 10.5 Å². The molecule has 4 nitrogen and oxygen atoms in total. The third-order valence-electron chi connectivity index (χ3n) is 3.63. The molecule has 0 heterocycles. The second kappa shape index (κ2) is 5.61. The molecule has 1 aromatic carbocycles. The van der Waals surface area contributed by atoms with Crippen molar-refractivity contribution in [3.05, 3.63) is 29.3 Å². The van der Waals surface area contributed by atoms with E-state index in [4.69, 9.17) is 5.73 Å². The lowest BCUT2D eigenvalue weighted by molar-refractivity contribution is 0.361. The Morgan fingerprint density at radius 2 is 1.68 bits per heavy atom. The van der Waals surface area contributed by atoms with Crippen LogP contribution in [-0.4, -0.2) is 20.5 Å². The van der Waals surface area contributed by atoms with Crippen LogP contribution in [0.15, 0.2) is 23.1 Å². The van der Waals surface area contributed by atoms with E-state index in [2.05, 4.69) is 4.72 Å². The van der Waals surface area contributed by atoms with Crippen molar-refractivity contribution in [2.24, 2.45) is 5.73 Å². The van der Waals surface area contributed by atoms with Crippen LogP contribution in [0.4, 0.5) is 0 Å². The Morgan fingerprint density at radius 1 is 1.11 bits per heavy atom. The Bertz CT molecular complexity index is 534. The molecule has 1 fully saturated rings. The first-order valence-electron chi connectivity index (χ1n) is 6.75. The Hall–Kier alpha value is -0.910. The molecule has 106 valence electrons. The Morgan fingerprint density at radius 3 is 2.26 bits per heavy atom. The summed E-state index contributed by atoms with van der Waals surface area (Å²) >= 11 is 0. The minimum absolute atomic E-state index is 0.0746. The fourth-order valence-corrected chi connectivity index (χ4v) is 4.17. The molecule has 5 heteroatoms. The van der Waals surface area contributed by atoms with Gasteiger partial charge in [0, 0.05) is 12.1 Å². The van der Waals surface area contributed by atoms with Crippen LogP contribution in [-0.2, 0) is 10.0 Å². The summed E-state index contributed by atoms with van der Waals surface area (Å²) in [6.07, 6.45) is 3.84. The smallest absolute Gasteiger partial charge is 0.240 e. The highest BCUT2D eigenvalue weighted by Crippen LogP contribution is 2.20. The van der Waals surface area contributed by atoms with Crippen molar-refractivity contribution in [1.82, 2.24) is 4.72 Å². The summed E-state index contributed by atoms with van der Waals surface area (Å²) in [6, 6.07) is 5.15. The highest BCUT2D eigenvalue weighted by Gasteiger charge is 2.27. The third kappa shape index (κ3) is 3.55. The Balaban J connectivity index is 2.22. The Kier molecular flexibility index (Phi) is 4.28. The fraction of sp³-hybridized carbons (Fsp3) is 0.571. The lowest BCUT2D eigenvalue weighted by Crippen LogP contribution is -2.49. The van der Waals surface area contributed by atoms with Gasteiger partial charge in [0.2, 0.25) is 10.0 Å². The number of rotatable bonds is 3. The van der Waals surface area contributed by atoms with Gasteiger partial charge < -0.3 is 5.73 Å². The van der Waals surface area contributed by atoms with Gasteiger partial charge in [-0.2, -0.15) is 0 Å². The molecule has 0 spiro atoms. The quantitative estimate of drug-likeness (QED) is 0.888. The summed E-state index contributed by atoms with van der Waals surface area (Å²) < 4.78 is 27.5. The standard InChI is InChI=1S/C14H22N2O2S/c1-10-7-11(2)9-12(8-10)19(17,18)16-14-6-4-3-5-13(14)15/h7-9,13-14,16H,3-6,15H2,1-2H3/t13-,14-/m1/s1. The van der Waals surface area contributed by atoms with Crippen molar-refractivity contribution in [2.45, 2.75) is 56.5 Å². The van der Waals surface area contributed by atoms with Gasteiger partial charge in [-0.15, -0.1) is 0 Å². The highest BCUT2D eigenvalue weighted by molar-refractivity contribution is 7.89. The van der Waals surface area contributed by atoms with E-state index in [9.17, 15) is 8.42 Å². The molecule has 0 radical (unpaired) electrons. The van der Waals surface area contributed by atoms with E-state index in [1.54, 1.807) is 12.1 Å². The van der Waals surface area contributed by atoms with Crippen LogP contribution in [0, 0.1) is 13.8 Å². The first kappa shape index (κ1) is 14.5. The van der Waals surface area contributed by atoms with Crippen molar-refractivity contribution in [2.75, 3.05) is 0 Å². The summed E-state index contributed by atoms with van der Waals surface area (Å²) in [5.74, 6) is 0. The minimum Gasteiger partial charge on any atom is -0.326 e. The van der Waals surface area contributed by atoms with Crippen molar-refractivity contribution < 1.29 is 8.42 Å². The van der Waals surface area contributed by atoms with Crippen LogP contribution in [0.5, 0.6) is 0 Å². The van der Waals surface area contributed by atoms with Crippen LogP contribution in [0.3, 0.4) is 0 Å². The molecule has 1 aromatic rings. The van der Waals surface area contributed by atoms with Gasteiger partial charge in [0.05, 0.1) is 4.90 Å². The van der Waals surface area contributed by atoms with Gasteiger partial charge in [-0.3, -0.25) is 0 Å². The average Bonchev–Trinajstić information content (AvgIpc) is 2.31. The molecule has 19 heavy (non-hydrogen) atoms. The van der Waals surface area contributed by atoms with Crippen LogP contribution in [0.25, 0.3) is 0 Å². The van der Waals surface area contributed by atoms with E-state index in [0.717, 1.165) is 36.8 Å². The van der Waals surface area contributed by atoms with Gasteiger partial charge in [0.1, 0.15) is 0 Å². The van der Waals surface area contributed by atoms with E-state index in [0.29, 0.717) is 4.90 Å². The second-order valence-electron chi connectivity index (χ2n) is 5.50. The zero-order valence-corrected chi connectivity index (χ0v) is 12.3. The molecule has 2 rings (SSSR count). The lowest BCUT2D eigenvalue weighted by atomic mass is 9.92. The number of aryl methyl sites for hydroxylation is 2. The van der Waals surface area contributed by atoms with E-state index < -0.39 is 10.0 Å². The van der Waals surface area contributed by atoms with Gasteiger partial charge in [0.15, 0.2) is 0 Å². The summed E-state index contributed by atoms with van der Waals surface area (Å²) in [5, 5.41) is 0. The van der Waals surface area contributed by atoms with Crippen molar-refractivity contribution in [3.63, 3.8) is 0 Å². The predicted octanol–water partition coefficient (Wildman–Crippen LogP) is 1.85. The zero-order chi connectivity index (χ0) is 14.0. The van der Waals surface area contributed by atoms with Crippen molar-refractivity contribution in [3.8, 4) is 0 Å². The number of nitrogens with one attached hydrogen (secondary N) is 1. The molecular formula is C14H22N2O2S. The maximum absolute atomic E-state index is 12.4. The van der Waals surface area contributed by atoms with Gasteiger partial charge in [-0.25, -0.2) is 13.1 Å². The summed E-state index contributed by atoms with van der Waals surface area (Å²) in [5.41, 5.74) is 7.90. The number of benzene rings is 1. The van der Waals surface area contributed by atoms with Crippen LogP contribution >= 0.6 is 0 Å². The summed E-state index contributed by atoms with van der Waals surface area (Å²) in [4.78, 5) is 0.336. The molecule has 1 saturated carbocycles. The largest absolute Gasteiger partial charge is 0.326 e. The van der Waals surface area contributed by atoms with Crippen LogP contribution in [0.1, 0.15) is 36.8 Å². The number of nitrogens with two attached hydrogens (primary N) is 1. The molecular weight excluding hydrogens is 260 g/mol. The molecule has 1 aliphatic rings. The highest BCUT2D eigenvalue weighted by atomic mass is 32.2. The average molecular weight is 282 g/mol. The summed E-state index contributed by atoms with van der Waals surface area (Å²) in [7, 11) is -3.47. The molecule has 0 aliphatic heterocycles. The van der Waals surface area contributed by atoms with E-state index in [1.165, 1.54) is 0 Å². The molecule has 0 aromatic heterocycles. The van der Waals surface area contributed by atoms with Crippen LogP contribution in [0.2, 0.25) is 0 Å². The normalized spacial score (nSPS) is 24.4. The molecule has 0 unspecified atom stereocenters. The maximum atomic E-state index is 12.4. The van der Waals surface area contributed by atoms with Gasteiger partial charge >= 0.3 is 0 Å². The molecule has 0 bridgehead atoms. The van der Waals surface area contributed by atoms with Gasteiger partial charge in [-0.05, 0) is 49.9 Å². The van der Waals surface area contributed by atoms with E-state index in [-0.39, 0.29) is 12.1 Å². The monoisotopic (exact) mass is 282 g/mol. The topological polar surface area (TPSA) is 72.2 Å². The van der Waals surface area contributed by atoms with Crippen molar-refractivity contribution in [1.29, 1.82) is 0 Å². The molecule has 0 amide bonds.